The first-order chi connectivity index (χ1) is 14.0. The maximum Gasteiger partial charge on any atom is 0.253 e. The Hall–Kier alpha value is -2.73. The van der Waals surface area contributed by atoms with Crippen LogP contribution < -0.4 is 14.2 Å². The molecule has 0 aromatic heterocycles. The molecule has 6 nitrogen and oxygen atoms in total. The summed E-state index contributed by atoms with van der Waals surface area (Å²) in [5.41, 5.74) is 2.52. The summed E-state index contributed by atoms with van der Waals surface area (Å²) in [6, 6.07) is 12.0. The van der Waals surface area contributed by atoms with Crippen LogP contribution in [0, 0.1) is 0 Å². The molecule has 1 fully saturated rings. The third-order valence-electron chi connectivity index (χ3n) is 5.44. The molecule has 0 radical (unpaired) electrons. The molecule has 1 heterocycles. The lowest BCUT2D eigenvalue weighted by Gasteiger charge is -2.37. The lowest BCUT2D eigenvalue weighted by atomic mass is 10.0. The van der Waals surface area contributed by atoms with Gasteiger partial charge in [0.2, 0.25) is 5.75 Å². The molecule has 156 valence electrons. The Kier molecular flexibility index (Phi) is 6.64. The number of carbonyl (C=O) groups excluding carboxylic acids is 1. The van der Waals surface area contributed by atoms with Gasteiger partial charge >= 0.3 is 0 Å². The SMILES string of the molecule is COc1cc(-c2cccc(C(=O)N3CCN(C(C)C)CC3)c2)cc(OC)c1OC. The Morgan fingerprint density at radius 2 is 1.48 bits per heavy atom. The van der Waals surface area contributed by atoms with E-state index in [2.05, 4.69) is 18.7 Å². The first-order valence-electron chi connectivity index (χ1n) is 9.92. The van der Waals surface area contributed by atoms with Crippen LogP contribution in [0.25, 0.3) is 11.1 Å². The number of benzene rings is 2. The number of ether oxygens (including phenoxy) is 3. The van der Waals surface area contributed by atoms with E-state index < -0.39 is 0 Å². The van der Waals surface area contributed by atoms with Gasteiger partial charge in [-0.3, -0.25) is 9.69 Å². The topological polar surface area (TPSA) is 51.2 Å². The van der Waals surface area contributed by atoms with Crippen molar-refractivity contribution in [3.63, 3.8) is 0 Å². The van der Waals surface area contributed by atoms with E-state index >= 15 is 0 Å². The van der Waals surface area contributed by atoms with E-state index in [4.69, 9.17) is 14.2 Å². The molecule has 3 rings (SSSR count). The molecular formula is C23H30N2O4. The van der Waals surface area contributed by atoms with E-state index in [0.717, 1.165) is 37.3 Å². The van der Waals surface area contributed by atoms with Gasteiger partial charge in [0.25, 0.3) is 5.91 Å². The highest BCUT2D eigenvalue weighted by Crippen LogP contribution is 2.41. The summed E-state index contributed by atoms with van der Waals surface area (Å²) in [7, 11) is 4.77. The van der Waals surface area contributed by atoms with Crippen LogP contribution in [0.5, 0.6) is 17.2 Å². The van der Waals surface area contributed by atoms with Gasteiger partial charge in [0, 0.05) is 37.8 Å². The Morgan fingerprint density at radius 1 is 0.862 bits per heavy atom. The van der Waals surface area contributed by atoms with Crippen molar-refractivity contribution in [3.05, 3.63) is 42.0 Å². The fourth-order valence-electron chi connectivity index (χ4n) is 3.70. The lowest BCUT2D eigenvalue weighted by molar-refractivity contribution is 0.0595. The predicted octanol–water partition coefficient (Wildman–Crippen LogP) is 3.55. The van der Waals surface area contributed by atoms with Gasteiger partial charge < -0.3 is 19.1 Å². The maximum absolute atomic E-state index is 13.0. The van der Waals surface area contributed by atoms with Gasteiger partial charge in [-0.25, -0.2) is 0 Å². The molecule has 0 N–H and O–H groups in total. The van der Waals surface area contributed by atoms with Crippen molar-refractivity contribution in [3.8, 4) is 28.4 Å². The van der Waals surface area contributed by atoms with Crippen LogP contribution in [0.4, 0.5) is 0 Å². The smallest absolute Gasteiger partial charge is 0.253 e. The van der Waals surface area contributed by atoms with Crippen molar-refractivity contribution >= 4 is 5.91 Å². The Labute approximate surface area is 173 Å². The molecule has 2 aromatic rings. The second-order valence-corrected chi connectivity index (χ2v) is 7.42. The molecule has 0 spiro atoms. The highest BCUT2D eigenvalue weighted by molar-refractivity contribution is 5.95. The highest BCUT2D eigenvalue weighted by Gasteiger charge is 2.23. The molecular weight excluding hydrogens is 368 g/mol. The van der Waals surface area contributed by atoms with Gasteiger partial charge in [0.1, 0.15) is 0 Å². The van der Waals surface area contributed by atoms with Crippen LogP contribution in [0.2, 0.25) is 0 Å². The second kappa shape index (κ2) is 9.18. The van der Waals surface area contributed by atoms with Gasteiger partial charge in [-0.15, -0.1) is 0 Å². The van der Waals surface area contributed by atoms with Gasteiger partial charge in [0.05, 0.1) is 21.3 Å². The van der Waals surface area contributed by atoms with E-state index in [-0.39, 0.29) is 5.91 Å². The molecule has 0 bridgehead atoms. The zero-order chi connectivity index (χ0) is 21.0. The van der Waals surface area contributed by atoms with Crippen LogP contribution in [0.3, 0.4) is 0 Å². The Bertz CT molecular complexity index is 833. The maximum atomic E-state index is 13.0. The van der Waals surface area contributed by atoms with Gasteiger partial charge in [-0.2, -0.15) is 0 Å². The lowest BCUT2D eigenvalue weighted by Crippen LogP contribution is -2.50. The van der Waals surface area contributed by atoms with Crippen LogP contribution in [-0.2, 0) is 0 Å². The molecule has 1 aliphatic rings. The number of methoxy groups -OCH3 is 3. The Balaban J connectivity index is 1.86. The van der Waals surface area contributed by atoms with E-state index in [1.165, 1.54) is 0 Å². The van der Waals surface area contributed by atoms with Crippen LogP contribution in [-0.4, -0.2) is 69.3 Å². The molecule has 1 saturated heterocycles. The summed E-state index contributed by atoms with van der Waals surface area (Å²) in [5, 5.41) is 0. The molecule has 0 atom stereocenters. The molecule has 1 aliphatic heterocycles. The van der Waals surface area contributed by atoms with Gasteiger partial charge in [-0.05, 0) is 49.2 Å². The number of piperazine rings is 1. The number of carbonyl (C=O) groups is 1. The first-order valence-corrected chi connectivity index (χ1v) is 9.92. The van der Waals surface area contributed by atoms with Crippen LogP contribution in [0.1, 0.15) is 24.2 Å². The van der Waals surface area contributed by atoms with Crippen molar-refractivity contribution in [1.82, 2.24) is 9.80 Å². The molecule has 1 amide bonds. The van der Waals surface area contributed by atoms with Crippen molar-refractivity contribution in [1.29, 1.82) is 0 Å². The molecule has 0 aliphatic carbocycles. The van der Waals surface area contributed by atoms with E-state index in [0.29, 0.717) is 28.9 Å². The fraction of sp³-hybridized carbons (Fsp3) is 0.435. The summed E-state index contributed by atoms with van der Waals surface area (Å²) in [6.07, 6.45) is 0. The fourth-order valence-corrected chi connectivity index (χ4v) is 3.70. The second-order valence-electron chi connectivity index (χ2n) is 7.42. The summed E-state index contributed by atoms with van der Waals surface area (Å²) >= 11 is 0. The van der Waals surface area contributed by atoms with Crippen molar-refractivity contribution in [2.45, 2.75) is 19.9 Å². The van der Waals surface area contributed by atoms with Crippen LogP contribution >= 0.6 is 0 Å². The third-order valence-corrected chi connectivity index (χ3v) is 5.44. The standard InChI is InChI=1S/C23H30N2O4/c1-16(2)24-9-11-25(12-10-24)23(26)18-8-6-7-17(13-18)19-14-20(27-3)22(29-5)21(15-19)28-4/h6-8,13-16H,9-12H2,1-5H3. The van der Waals surface area contributed by atoms with Gasteiger partial charge in [0.15, 0.2) is 11.5 Å². The molecule has 6 heteroatoms. The minimum absolute atomic E-state index is 0.0719. The summed E-state index contributed by atoms with van der Waals surface area (Å²) in [6.45, 7) is 7.72. The average Bonchev–Trinajstić information content (AvgIpc) is 2.77. The number of amides is 1. The van der Waals surface area contributed by atoms with Crippen molar-refractivity contribution in [2.24, 2.45) is 0 Å². The monoisotopic (exact) mass is 398 g/mol. The normalized spacial score (nSPS) is 14.8. The zero-order valence-corrected chi connectivity index (χ0v) is 17.9. The van der Waals surface area contributed by atoms with Gasteiger partial charge in [-0.1, -0.05) is 12.1 Å². The molecule has 29 heavy (non-hydrogen) atoms. The summed E-state index contributed by atoms with van der Waals surface area (Å²) < 4.78 is 16.3. The largest absolute Gasteiger partial charge is 0.493 e. The minimum atomic E-state index is 0.0719. The number of hydrogen-bond acceptors (Lipinski definition) is 5. The number of nitrogens with zero attached hydrogens (tertiary/aromatic N) is 2. The van der Waals surface area contributed by atoms with Crippen molar-refractivity contribution < 1.29 is 19.0 Å². The third kappa shape index (κ3) is 4.48. The minimum Gasteiger partial charge on any atom is -0.493 e. The number of rotatable bonds is 6. The summed E-state index contributed by atoms with van der Waals surface area (Å²) in [4.78, 5) is 17.4. The average molecular weight is 399 g/mol. The molecule has 2 aromatic carbocycles. The predicted molar refractivity (Wildman–Crippen MR) is 114 cm³/mol. The van der Waals surface area contributed by atoms with E-state index in [1.54, 1.807) is 21.3 Å². The highest BCUT2D eigenvalue weighted by atomic mass is 16.5. The summed E-state index contributed by atoms with van der Waals surface area (Å²) in [5.74, 6) is 1.79. The molecule has 0 unspecified atom stereocenters. The quantitative estimate of drug-likeness (QED) is 0.745. The zero-order valence-electron chi connectivity index (χ0n) is 17.9. The number of hydrogen-bond donors (Lipinski definition) is 0. The van der Waals surface area contributed by atoms with E-state index in [9.17, 15) is 4.79 Å². The molecule has 0 saturated carbocycles. The van der Waals surface area contributed by atoms with Crippen LogP contribution in [0.15, 0.2) is 36.4 Å². The first kappa shape index (κ1) is 21.0. The van der Waals surface area contributed by atoms with E-state index in [1.807, 2.05) is 41.3 Å². The Morgan fingerprint density at radius 3 is 2.00 bits per heavy atom. The van der Waals surface area contributed by atoms with Crippen molar-refractivity contribution in [2.75, 3.05) is 47.5 Å².